The number of thiophene rings is 1. The fourth-order valence-corrected chi connectivity index (χ4v) is 16.2. The van der Waals surface area contributed by atoms with Gasteiger partial charge in [-0.1, -0.05) is 184 Å². The molecule has 13 rings (SSSR count). The molecule has 0 saturated carbocycles. The van der Waals surface area contributed by atoms with Crippen LogP contribution >= 0.6 is 11.3 Å². The molecule has 0 atom stereocenters. The lowest BCUT2D eigenvalue weighted by Gasteiger charge is -2.48. The first-order chi connectivity index (χ1) is 37.9. The van der Waals surface area contributed by atoms with Gasteiger partial charge in [0.1, 0.15) is 0 Å². The molecule has 0 unspecified atom stereocenters. The summed E-state index contributed by atoms with van der Waals surface area (Å²) in [7, 11) is 0. The van der Waals surface area contributed by atoms with E-state index in [-0.39, 0.29) is 44.6 Å². The van der Waals surface area contributed by atoms with Crippen LogP contribution in [-0.2, 0) is 37.9 Å². The molecule has 3 nitrogen and oxygen atoms in total. The average molecular weight is 1080 g/mol. The second-order valence-electron chi connectivity index (χ2n) is 30.6. The zero-order valence-corrected chi connectivity index (χ0v) is 52.6. The number of rotatable bonds is 5. The second kappa shape index (κ2) is 17.7. The minimum Gasteiger partial charge on any atom is -0.311 e. The van der Waals surface area contributed by atoms with Crippen molar-refractivity contribution in [3.8, 4) is 0 Å². The number of benzene rings is 8. The molecular weight excluding hydrogens is 998 g/mol. The highest BCUT2D eigenvalue weighted by atomic mass is 32.1. The summed E-state index contributed by atoms with van der Waals surface area (Å²) in [6.07, 6.45) is 3.44. The van der Waals surface area contributed by atoms with E-state index in [9.17, 15) is 0 Å². The van der Waals surface area contributed by atoms with Crippen LogP contribution in [0, 0.1) is 6.92 Å². The standard InChI is InChI=1S/C76H84BN3S/c1-46-38-54-57(76(17,18)45-75(54,15)16)43-61(46)80-63-44-56-55(73(11,12)36-37-74(56,13)14)42-59(63)77-58-35-34-52(78(50-30-26-47(27-31-50)70(2,3)4)51-32-28-48(29-33-51)71(5,6)7)41-62(58)79(64-39-49(72(8,9)10)40-65(80)69(64)77)60-23-21-25-67-68(60)53-22-19-20-24-66(53)81-67/h19-35,38-44H,36-37,45H2,1-18H3. The Morgan fingerprint density at radius 3 is 1.48 bits per heavy atom. The molecule has 2 aliphatic carbocycles. The van der Waals surface area contributed by atoms with E-state index in [2.05, 4.69) is 285 Å². The highest BCUT2D eigenvalue weighted by Crippen LogP contribution is 2.56. The lowest BCUT2D eigenvalue weighted by Crippen LogP contribution is -2.62. The summed E-state index contributed by atoms with van der Waals surface area (Å²) in [5.41, 5.74) is 26.5. The van der Waals surface area contributed by atoms with Gasteiger partial charge in [-0.25, -0.2) is 0 Å². The fourth-order valence-electron chi connectivity index (χ4n) is 15.1. The highest BCUT2D eigenvalue weighted by Gasteiger charge is 2.49. The Labute approximate surface area is 489 Å². The first-order valence-corrected chi connectivity index (χ1v) is 30.9. The fraction of sp³-hybridized carbons (Fsp3) is 0.368. The Morgan fingerprint density at radius 1 is 0.420 bits per heavy atom. The van der Waals surface area contributed by atoms with Gasteiger partial charge in [0.05, 0.1) is 5.69 Å². The number of nitrogens with zero attached hydrogens (tertiary/aromatic N) is 3. The van der Waals surface area contributed by atoms with E-state index in [0.717, 1.165) is 36.3 Å². The first-order valence-electron chi connectivity index (χ1n) is 30.1. The zero-order chi connectivity index (χ0) is 57.5. The van der Waals surface area contributed by atoms with Gasteiger partial charge in [-0.05, 0) is 204 Å². The summed E-state index contributed by atoms with van der Waals surface area (Å²) in [5, 5.41) is 2.61. The van der Waals surface area contributed by atoms with E-state index in [4.69, 9.17) is 0 Å². The molecule has 0 bridgehead atoms. The third-order valence-corrected chi connectivity index (χ3v) is 20.8. The van der Waals surface area contributed by atoms with Gasteiger partial charge in [0.2, 0.25) is 0 Å². The minimum absolute atomic E-state index is 0.0115. The van der Waals surface area contributed by atoms with E-state index in [0.29, 0.717) is 0 Å². The van der Waals surface area contributed by atoms with Crippen LogP contribution in [0.5, 0.6) is 0 Å². The summed E-state index contributed by atoms with van der Waals surface area (Å²) in [6, 6.07) is 58.1. The molecule has 0 spiro atoms. The van der Waals surface area contributed by atoms with E-state index < -0.39 is 0 Å². The summed E-state index contributed by atoms with van der Waals surface area (Å²) < 4.78 is 2.61. The van der Waals surface area contributed by atoms with Crippen LogP contribution in [0.2, 0.25) is 0 Å². The van der Waals surface area contributed by atoms with Crippen molar-refractivity contribution in [1.29, 1.82) is 0 Å². The molecule has 81 heavy (non-hydrogen) atoms. The average Bonchev–Trinajstić information content (AvgIpc) is 3.84. The zero-order valence-electron chi connectivity index (χ0n) is 51.8. The minimum atomic E-state index is -0.169. The third kappa shape index (κ3) is 8.47. The largest absolute Gasteiger partial charge is 0.311 e. The van der Waals surface area contributed by atoms with Gasteiger partial charge < -0.3 is 14.7 Å². The Hall–Kier alpha value is -6.56. The van der Waals surface area contributed by atoms with Crippen molar-refractivity contribution < 1.29 is 0 Å². The van der Waals surface area contributed by atoms with Crippen molar-refractivity contribution >= 4 is 106 Å². The van der Waals surface area contributed by atoms with Crippen LogP contribution in [0.15, 0.2) is 146 Å². The van der Waals surface area contributed by atoms with Crippen LogP contribution in [0.4, 0.5) is 51.2 Å². The van der Waals surface area contributed by atoms with Gasteiger partial charge in [-0.2, -0.15) is 0 Å². The molecule has 3 heterocycles. The van der Waals surface area contributed by atoms with Crippen molar-refractivity contribution in [2.45, 2.75) is 182 Å². The van der Waals surface area contributed by atoms with E-state index in [1.54, 1.807) is 0 Å². The van der Waals surface area contributed by atoms with Crippen molar-refractivity contribution in [1.82, 2.24) is 0 Å². The van der Waals surface area contributed by atoms with Gasteiger partial charge in [0.25, 0.3) is 6.71 Å². The molecule has 4 aliphatic rings. The lowest BCUT2D eigenvalue weighted by atomic mass is 9.33. The van der Waals surface area contributed by atoms with Gasteiger partial charge in [0, 0.05) is 65.7 Å². The van der Waals surface area contributed by atoms with Crippen LogP contribution in [0.1, 0.15) is 181 Å². The van der Waals surface area contributed by atoms with Gasteiger partial charge >= 0.3 is 0 Å². The van der Waals surface area contributed by atoms with Crippen LogP contribution in [0.3, 0.4) is 0 Å². The first kappa shape index (κ1) is 53.7. The van der Waals surface area contributed by atoms with Crippen LogP contribution < -0.4 is 31.1 Å². The molecule has 0 N–H and O–H groups in total. The van der Waals surface area contributed by atoms with Crippen LogP contribution in [-0.4, -0.2) is 6.71 Å². The molecule has 0 radical (unpaired) electrons. The molecule has 412 valence electrons. The smallest absolute Gasteiger partial charge is 0.252 e. The topological polar surface area (TPSA) is 9.72 Å². The predicted octanol–water partition coefficient (Wildman–Crippen LogP) is 20.1. The predicted molar refractivity (Wildman–Crippen MR) is 355 cm³/mol. The molecule has 1 aromatic heterocycles. The third-order valence-electron chi connectivity index (χ3n) is 19.7. The number of aryl methyl sites for hydroxylation is 1. The number of hydrogen-bond donors (Lipinski definition) is 0. The summed E-state index contributed by atoms with van der Waals surface area (Å²) in [4.78, 5) is 7.98. The monoisotopic (exact) mass is 1080 g/mol. The van der Waals surface area contributed by atoms with Crippen molar-refractivity contribution in [3.63, 3.8) is 0 Å². The SMILES string of the molecule is Cc1cc2c(cc1N1c3cc4c(cc3B3c5ccc(N(c6ccc(C(C)(C)C)cc6)c6ccc(C(C)(C)C)cc6)cc5N(c5cccc6sc7ccccc7c56)c5cc(C(C)(C)C)cc1c53)C(C)(C)CCC4(C)C)C(C)(C)CC2(C)C. The van der Waals surface area contributed by atoms with Crippen molar-refractivity contribution in [3.05, 3.63) is 190 Å². The maximum Gasteiger partial charge on any atom is 0.252 e. The molecule has 0 saturated heterocycles. The van der Waals surface area contributed by atoms with E-state index >= 15 is 0 Å². The van der Waals surface area contributed by atoms with Crippen molar-refractivity contribution in [2.75, 3.05) is 14.7 Å². The van der Waals surface area contributed by atoms with Gasteiger partial charge in [0.15, 0.2) is 0 Å². The molecular formula is C76H84BN3S. The maximum atomic E-state index is 2.76. The maximum absolute atomic E-state index is 2.76. The van der Waals surface area contributed by atoms with Gasteiger partial charge in [-0.3, -0.25) is 0 Å². The number of fused-ring (bicyclic) bond motifs is 9. The Balaban J connectivity index is 1.16. The van der Waals surface area contributed by atoms with Gasteiger partial charge in [-0.15, -0.1) is 11.3 Å². The lowest BCUT2D eigenvalue weighted by molar-refractivity contribution is 0.332. The normalized spacial score (nSPS) is 17.4. The summed E-state index contributed by atoms with van der Waals surface area (Å²) in [5.74, 6) is 0. The molecule has 0 fully saturated rings. The molecule has 0 amide bonds. The molecule has 8 aromatic carbocycles. The Morgan fingerprint density at radius 2 is 0.901 bits per heavy atom. The van der Waals surface area contributed by atoms with E-state index in [1.807, 2.05) is 11.3 Å². The number of anilines is 9. The van der Waals surface area contributed by atoms with Crippen molar-refractivity contribution in [2.24, 2.45) is 0 Å². The molecule has 2 aliphatic heterocycles. The molecule has 5 heteroatoms. The molecule has 9 aromatic rings. The van der Waals surface area contributed by atoms with Crippen LogP contribution in [0.25, 0.3) is 20.2 Å². The number of hydrogen-bond acceptors (Lipinski definition) is 4. The quantitative estimate of drug-likeness (QED) is 0.159. The summed E-state index contributed by atoms with van der Waals surface area (Å²) >= 11 is 1.91. The second-order valence-corrected chi connectivity index (χ2v) is 31.6. The Kier molecular flexibility index (Phi) is 11.8. The van der Waals surface area contributed by atoms with E-state index in [1.165, 1.54) is 115 Å². The highest BCUT2D eigenvalue weighted by molar-refractivity contribution is 7.26. The Bertz CT molecular complexity index is 3990. The summed E-state index contributed by atoms with van der Waals surface area (Å²) in [6.45, 7) is 43.3.